The van der Waals surface area contributed by atoms with Crippen LogP contribution in [0.5, 0.6) is 5.75 Å². The Balaban J connectivity index is 2.62. The molecular formula is C14H19NO3. The molecule has 0 bridgehead atoms. The fourth-order valence-electron chi connectivity index (χ4n) is 1.63. The van der Waals surface area contributed by atoms with E-state index in [1.807, 2.05) is 6.07 Å². The summed E-state index contributed by atoms with van der Waals surface area (Å²) in [7, 11) is 1.60. The van der Waals surface area contributed by atoms with Crippen molar-refractivity contribution in [2.75, 3.05) is 26.8 Å². The number of hydrogen-bond donors (Lipinski definition) is 1. The lowest BCUT2D eigenvalue weighted by atomic mass is 10.1. The Morgan fingerprint density at radius 3 is 2.94 bits per heavy atom. The van der Waals surface area contributed by atoms with E-state index in [-0.39, 0.29) is 18.1 Å². The van der Waals surface area contributed by atoms with Crippen molar-refractivity contribution in [3.05, 3.63) is 42.5 Å². The van der Waals surface area contributed by atoms with Crippen molar-refractivity contribution in [1.82, 2.24) is 4.90 Å². The largest absolute Gasteiger partial charge is 0.508 e. The fourth-order valence-corrected chi connectivity index (χ4v) is 1.63. The summed E-state index contributed by atoms with van der Waals surface area (Å²) in [6, 6.07) is 6.73. The van der Waals surface area contributed by atoms with Gasteiger partial charge in [0.15, 0.2) is 0 Å². The van der Waals surface area contributed by atoms with Gasteiger partial charge in [0, 0.05) is 20.2 Å². The molecule has 0 aromatic heterocycles. The maximum Gasteiger partial charge on any atom is 0.227 e. The van der Waals surface area contributed by atoms with Crippen LogP contribution in [0.2, 0.25) is 0 Å². The molecule has 0 saturated carbocycles. The van der Waals surface area contributed by atoms with Crippen LogP contribution in [-0.4, -0.2) is 42.7 Å². The molecule has 0 radical (unpaired) electrons. The van der Waals surface area contributed by atoms with E-state index in [0.29, 0.717) is 19.7 Å². The van der Waals surface area contributed by atoms with Gasteiger partial charge in [-0.15, -0.1) is 6.58 Å². The zero-order valence-electron chi connectivity index (χ0n) is 10.6. The topological polar surface area (TPSA) is 49.8 Å². The van der Waals surface area contributed by atoms with E-state index >= 15 is 0 Å². The Bertz CT molecular complexity index is 404. The Hall–Kier alpha value is -1.81. The minimum atomic E-state index is -0.00227. The highest BCUT2D eigenvalue weighted by atomic mass is 16.5. The lowest BCUT2D eigenvalue weighted by molar-refractivity contribution is -0.130. The normalized spacial score (nSPS) is 10.1. The van der Waals surface area contributed by atoms with Crippen molar-refractivity contribution in [3.8, 4) is 5.75 Å². The minimum absolute atomic E-state index is 0.00227. The summed E-state index contributed by atoms with van der Waals surface area (Å²) in [5, 5.41) is 9.35. The van der Waals surface area contributed by atoms with Crippen LogP contribution >= 0.6 is 0 Å². The summed E-state index contributed by atoms with van der Waals surface area (Å²) in [5.41, 5.74) is 0.798. The van der Waals surface area contributed by atoms with Crippen molar-refractivity contribution in [2.45, 2.75) is 6.42 Å². The minimum Gasteiger partial charge on any atom is -0.508 e. The Labute approximate surface area is 107 Å². The number of ether oxygens (including phenoxy) is 1. The molecule has 1 rings (SSSR count). The molecule has 18 heavy (non-hydrogen) atoms. The summed E-state index contributed by atoms with van der Waals surface area (Å²) >= 11 is 0. The molecule has 0 atom stereocenters. The van der Waals surface area contributed by atoms with E-state index in [1.54, 1.807) is 36.3 Å². The van der Waals surface area contributed by atoms with Gasteiger partial charge in [0.05, 0.1) is 13.0 Å². The highest BCUT2D eigenvalue weighted by molar-refractivity contribution is 5.79. The van der Waals surface area contributed by atoms with Gasteiger partial charge in [0.2, 0.25) is 5.91 Å². The predicted molar refractivity (Wildman–Crippen MR) is 70.5 cm³/mol. The van der Waals surface area contributed by atoms with Gasteiger partial charge in [-0.25, -0.2) is 0 Å². The monoisotopic (exact) mass is 249 g/mol. The maximum atomic E-state index is 12.1. The number of amides is 1. The smallest absolute Gasteiger partial charge is 0.227 e. The van der Waals surface area contributed by atoms with Crippen molar-refractivity contribution >= 4 is 5.91 Å². The molecule has 0 fully saturated rings. The van der Waals surface area contributed by atoms with Gasteiger partial charge >= 0.3 is 0 Å². The van der Waals surface area contributed by atoms with E-state index in [1.165, 1.54) is 0 Å². The van der Waals surface area contributed by atoms with Crippen molar-refractivity contribution in [2.24, 2.45) is 0 Å². The SMILES string of the molecule is C=CCN(CCOC)C(=O)Cc1cccc(O)c1. The number of carbonyl (C=O) groups is 1. The molecule has 4 heteroatoms. The van der Waals surface area contributed by atoms with Gasteiger partial charge in [0.1, 0.15) is 5.75 Å². The Morgan fingerprint density at radius 1 is 1.56 bits per heavy atom. The third-order valence-corrected chi connectivity index (χ3v) is 2.53. The van der Waals surface area contributed by atoms with Gasteiger partial charge in [-0.2, -0.15) is 0 Å². The van der Waals surface area contributed by atoms with Crippen LogP contribution in [0.3, 0.4) is 0 Å². The van der Waals surface area contributed by atoms with Gasteiger partial charge in [-0.3, -0.25) is 4.79 Å². The van der Waals surface area contributed by atoms with Crippen LogP contribution in [0.25, 0.3) is 0 Å². The summed E-state index contributed by atoms with van der Waals surface area (Å²) in [4.78, 5) is 13.7. The molecular weight excluding hydrogens is 230 g/mol. The van der Waals surface area contributed by atoms with Gasteiger partial charge in [-0.05, 0) is 17.7 Å². The number of aromatic hydroxyl groups is 1. The van der Waals surface area contributed by atoms with Crippen LogP contribution in [0.1, 0.15) is 5.56 Å². The van der Waals surface area contributed by atoms with E-state index in [0.717, 1.165) is 5.56 Å². The van der Waals surface area contributed by atoms with E-state index < -0.39 is 0 Å². The number of benzene rings is 1. The number of hydrogen-bond acceptors (Lipinski definition) is 3. The number of nitrogens with zero attached hydrogens (tertiary/aromatic N) is 1. The quantitative estimate of drug-likeness (QED) is 0.747. The number of rotatable bonds is 7. The number of carbonyl (C=O) groups excluding carboxylic acids is 1. The highest BCUT2D eigenvalue weighted by Gasteiger charge is 2.12. The molecule has 0 saturated heterocycles. The average molecular weight is 249 g/mol. The first kappa shape index (κ1) is 14.3. The maximum absolute atomic E-state index is 12.1. The molecule has 0 aliphatic carbocycles. The molecule has 1 N–H and O–H groups in total. The molecule has 1 aromatic rings. The Morgan fingerprint density at radius 2 is 2.33 bits per heavy atom. The van der Waals surface area contributed by atoms with E-state index in [9.17, 15) is 9.90 Å². The van der Waals surface area contributed by atoms with Crippen molar-refractivity contribution in [1.29, 1.82) is 0 Å². The van der Waals surface area contributed by atoms with E-state index in [2.05, 4.69) is 6.58 Å². The molecule has 1 amide bonds. The van der Waals surface area contributed by atoms with Crippen LogP contribution in [0.15, 0.2) is 36.9 Å². The van der Waals surface area contributed by atoms with E-state index in [4.69, 9.17) is 4.74 Å². The van der Waals surface area contributed by atoms with Crippen LogP contribution in [0, 0.1) is 0 Å². The van der Waals surface area contributed by atoms with Gasteiger partial charge < -0.3 is 14.7 Å². The third kappa shape index (κ3) is 4.59. The summed E-state index contributed by atoms with van der Waals surface area (Å²) in [6.07, 6.45) is 1.96. The van der Waals surface area contributed by atoms with Crippen LogP contribution in [-0.2, 0) is 16.0 Å². The first-order valence-electron chi connectivity index (χ1n) is 5.83. The lowest BCUT2D eigenvalue weighted by Crippen LogP contribution is -2.35. The number of methoxy groups -OCH3 is 1. The average Bonchev–Trinajstić information content (AvgIpc) is 2.34. The second-order valence-corrected chi connectivity index (χ2v) is 3.97. The van der Waals surface area contributed by atoms with Crippen LogP contribution < -0.4 is 0 Å². The van der Waals surface area contributed by atoms with Crippen LogP contribution in [0.4, 0.5) is 0 Å². The van der Waals surface area contributed by atoms with Gasteiger partial charge in [0.25, 0.3) is 0 Å². The van der Waals surface area contributed by atoms with Gasteiger partial charge in [-0.1, -0.05) is 18.2 Å². The fraction of sp³-hybridized carbons (Fsp3) is 0.357. The second kappa shape index (κ2) is 7.50. The second-order valence-electron chi connectivity index (χ2n) is 3.97. The molecule has 4 nitrogen and oxygen atoms in total. The molecule has 0 unspecified atom stereocenters. The number of phenolic OH excluding ortho intramolecular Hbond substituents is 1. The Kier molecular flexibility index (Phi) is 5.94. The first-order valence-corrected chi connectivity index (χ1v) is 5.83. The molecule has 0 aliphatic heterocycles. The molecule has 0 heterocycles. The molecule has 0 aliphatic rings. The summed E-state index contributed by atoms with van der Waals surface area (Å²) in [6.45, 7) is 5.18. The van der Waals surface area contributed by atoms with Crippen molar-refractivity contribution in [3.63, 3.8) is 0 Å². The third-order valence-electron chi connectivity index (χ3n) is 2.53. The van der Waals surface area contributed by atoms with Crippen molar-refractivity contribution < 1.29 is 14.6 Å². The standard InChI is InChI=1S/C14H19NO3/c1-3-7-15(8-9-18-2)14(17)11-12-5-4-6-13(16)10-12/h3-6,10,16H,1,7-9,11H2,2H3. The first-order chi connectivity index (χ1) is 8.67. The molecule has 98 valence electrons. The predicted octanol–water partition coefficient (Wildman–Crippen LogP) is 1.60. The zero-order chi connectivity index (χ0) is 13.4. The zero-order valence-corrected chi connectivity index (χ0v) is 10.6. The molecule has 0 spiro atoms. The molecule has 1 aromatic carbocycles. The summed E-state index contributed by atoms with van der Waals surface area (Å²) < 4.78 is 4.97. The highest BCUT2D eigenvalue weighted by Crippen LogP contribution is 2.12. The summed E-state index contributed by atoms with van der Waals surface area (Å²) in [5.74, 6) is 0.171. The number of phenols is 1. The lowest BCUT2D eigenvalue weighted by Gasteiger charge is -2.20.